The number of H-pyrrole nitrogens is 1. The number of nitrogen functional groups attached to an aromatic ring is 1. The SMILES string of the molecule is CC(C)OC(=O)[C@@H](C)N[P@@](=O)(OCC12CO[C@@H](C(n3cnc4c(=O)[nH]c(N)nc43)O1)[C@@H]2O)Oc1ccccc1. The van der Waals surface area contributed by atoms with E-state index in [0.29, 0.717) is 0 Å². The third-order valence-electron chi connectivity index (χ3n) is 6.24. The van der Waals surface area contributed by atoms with Gasteiger partial charge in [-0.15, -0.1) is 0 Å². The zero-order valence-corrected chi connectivity index (χ0v) is 22.2. The molecule has 0 radical (unpaired) electrons. The topological polar surface area (TPSA) is 202 Å². The normalized spacial score (nSPS) is 26.5. The van der Waals surface area contributed by atoms with Crippen LogP contribution in [0.3, 0.4) is 0 Å². The number of aromatic amines is 1. The highest BCUT2D eigenvalue weighted by Crippen LogP contribution is 2.50. The molecule has 210 valence electrons. The highest BCUT2D eigenvalue weighted by molar-refractivity contribution is 7.52. The average molecular weight is 564 g/mol. The van der Waals surface area contributed by atoms with E-state index in [-0.39, 0.29) is 35.6 Å². The van der Waals surface area contributed by atoms with Crippen LogP contribution in [0.5, 0.6) is 5.75 Å². The first kappa shape index (κ1) is 27.2. The van der Waals surface area contributed by atoms with Crippen LogP contribution in [0.2, 0.25) is 0 Å². The Labute approximate surface area is 222 Å². The number of aliphatic hydroxyl groups excluding tert-OH is 1. The highest BCUT2D eigenvalue weighted by atomic mass is 31.2. The molecule has 0 amide bonds. The monoisotopic (exact) mass is 564 g/mol. The maximum absolute atomic E-state index is 13.9. The predicted octanol–water partition coefficient (Wildman–Crippen LogP) is 0.863. The summed E-state index contributed by atoms with van der Waals surface area (Å²) in [6.45, 7) is 4.32. The molecule has 2 aliphatic rings. The summed E-state index contributed by atoms with van der Waals surface area (Å²) in [5.41, 5.74) is 3.87. The highest BCUT2D eigenvalue weighted by Gasteiger charge is 2.63. The third kappa shape index (κ3) is 5.29. The smallest absolute Gasteiger partial charge is 0.459 e. The number of ether oxygens (including phenoxy) is 3. The molecule has 5 N–H and O–H groups in total. The van der Waals surface area contributed by atoms with Gasteiger partial charge in [0.15, 0.2) is 17.4 Å². The van der Waals surface area contributed by atoms with Crippen molar-refractivity contribution >= 4 is 30.8 Å². The number of anilines is 1. The molecule has 0 saturated carbocycles. The molecular weight excluding hydrogens is 535 g/mol. The number of nitrogens with zero attached hydrogens (tertiary/aromatic N) is 3. The van der Waals surface area contributed by atoms with Crippen molar-refractivity contribution in [3.05, 3.63) is 47.0 Å². The van der Waals surface area contributed by atoms with Crippen LogP contribution >= 0.6 is 7.75 Å². The lowest BCUT2D eigenvalue weighted by Crippen LogP contribution is -2.46. The van der Waals surface area contributed by atoms with Crippen LogP contribution in [0.1, 0.15) is 27.0 Å². The van der Waals surface area contributed by atoms with Gasteiger partial charge in [-0.1, -0.05) is 18.2 Å². The van der Waals surface area contributed by atoms with Crippen molar-refractivity contribution in [2.24, 2.45) is 0 Å². The Morgan fingerprint density at radius 2 is 2.10 bits per heavy atom. The number of hydrogen-bond donors (Lipinski definition) is 4. The van der Waals surface area contributed by atoms with Crippen molar-refractivity contribution in [2.45, 2.75) is 57.0 Å². The Morgan fingerprint density at radius 3 is 2.82 bits per heavy atom. The average Bonchev–Trinajstić information content (AvgIpc) is 3.52. The maximum Gasteiger partial charge on any atom is 0.459 e. The van der Waals surface area contributed by atoms with Crippen LogP contribution in [-0.4, -0.2) is 73.8 Å². The van der Waals surface area contributed by atoms with Crippen LogP contribution in [0.25, 0.3) is 11.2 Å². The van der Waals surface area contributed by atoms with Gasteiger partial charge in [-0.05, 0) is 32.9 Å². The number of carbonyl (C=O) groups is 1. The summed E-state index contributed by atoms with van der Waals surface area (Å²) in [6, 6.07) is 7.20. The number of para-hydroxylation sites is 1. The first-order valence-electron chi connectivity index (χ1n) is 12.2. The van der Waals surface area contributed by atoms with Gasteiger partial charge >= 0.3 is 13.7 Å². The van der Waals surface area contributed by atoms with E-state index in [2.05, 4.69) is 20.0 Å². The number of aliphatic hydroxyl groups is 1. The van der Waals surface area contributed by atoms with E-state index in [1.807, 2.05) is 0 Å². The van der Waals surface area contributed by atoms with E-state index in [1.54, 1.807) is 44.2 Å². The number of rotatable bonds is 10. The molecule has 2 unspecified atom stereocenters. The van der Waals surface area contributed by atoms with Crippen molar-refractivity contribution in [1.29, 1.82) is 0 Å². The van der Waals surface area contributed by atoms with Crippen LogP contribution in [-0.2, 0) is 28.1 Å². The molecule has 2 aromatic heterocycles. The number of imidazole rings is 1. The van der Waals surface area contributed by atoms with Gasteiger partial charge in [0.1, 0.15) is 29.6 Å². The molecule has 0 aliphatic carbocycles. The van der Waals surface area contributed by atoms with Gasteiger partial charge in [0.2, 0.25) is 5.95 Å². The number of nitrogens with one attached hydrogen (secondary N) is 2. The van der Waals surface area contributed by atoms with Gasteiger partial charge < -0.3 is 29.6 Å². The lowest BCUT2D eigenvalue weighted by Gasteiger charge is -2.32. The largest absolute Gasteiger partial charge is 0.462 e. The molecular formula is C23H29N6O9P. The summed E-state index contributed by atoms with van der Waals surface area (Å²) < 4.78 is 43.9. The summed E-state index contributed by atoms with van der Waals surface area (Å²) in [7, 11) is -4.23. The molecule has 16 heteroatoms. The maximum atomic E-state index is 13.9. The molecule has 2 saturated heterocycles. The predicted molar refractivity (Wildman–Crippen MR) is 136 cm³/mol. The van der Waals surface area contributed by atoms with Crippen molar-refractivity contribution in [2.75, 3.05) is 18.9 Å². The zero-order valence-electron chi connectivity index (χ0n) is 21.3. The first-order valence-corrected chi connectivity index (χ1v) is 13.7. The fraction of sp³-hybridized carbons (Fsp3) is 0.478. The Bertz CT molecular complexity index is 1460. The lowest BCUT2D eigenvalue weighted by atomic mass is 10.0. The van der Waals surface area contributed by atoms with Crippen LogP contribution < -0.4 is 20.9 Å². The van der Waals surface area contributed by atoms with E-state index in [0.717, 1.165) is 0 Å². The fourth-order valence-corrected chi connectivity index (χ4v) is 5.94. The number of nitrogens with two attached hydrogens (primary N) is 1. The minimum atomic E-state index is -4.23. The second-order valence-corrected chi connectivity index (χ2v) is 11.3. The van der Waals surface area contributed by atoms with E-state index in [1.165, 1.54) is 17.8 Å². The van der Waals surface area contributed by atoms with Gasteiger partial charge in [-0.25, -0.2) is 9.55 Å². The Kier molecular flexibility index (Phi) is 7.22. The number of hydrogen-bond acceptors (Lipinski definition) is 12. The van der Waals surface area contributed by atoms with Crippen LogP contribution in [0, 0.1) is 0 Å². The quantitative estimate of drug-likeness (QED) is 0.200. The number of carbonyl (C=O) groups excluding carboxylic acids is 1. The Balaban J connectivity index is 1.38. The van der Waals surface area contributed by atoms with Crippen molar-refractivity contribution in [3.8, 4) is 5.75 Å². The molecule has 39 heavy (non-hydrogen) atoms. The molecule has 4 heterocycles. The molecule has 2 aliphatic heterocycles. The van der Waals surface area contributed by atoms with Gasteiger partial charge in [0.05, 0.1) is 25.6 Å². The first-order chi connectivity index (χ1) is 18.5. The van der Waals surface area contributed by atoms with Crippen molar-refractivity contribution in [3.63, 3.8) is 0 Å². The lowest BCUT2D eigenvalue weighted by molar-refractivity contribution is -0.183. The second kappa shape index (κ2) is 10.3. The van der Waals surface area contributed by atoms with E-state index >= 15 is 0 Å². The molecule has 1 aromatic carbocycles. The van der Waals surface area contributed by atoms with Gasteiger partial charge in [0.25, 0.3) is 5.56 Å². The van der Waals surface area contributed by atoms with E-state index < -0.39 is 56.0 Å². The third-order valence-corrected chi connectivity index (χ3v) is 7.86. The van der Waals surface area contributed by atoms with Gasteiger partial charge in [-0.3, -0.25) is 23.7 Å². The van der Waals surface area contributed by atoms with Crippen LogP contribution in [0.4, 0.5) is 5.95 Å². The number of esters is 1. The summed E-state index contributed by atoms with van der Waals surface area (Å²) in [5, 5.41) is 13.7. The van der Waals surface area contributed by atoms with Crippen LogP contribution in [0.15, 0.2) is 41.5 Å². The minimum absolute atomic E-state index is 0.0302. The van der Waals surface area contributed by atoms with E-state index in [4.69, 9.17) is 29.0 Å². The van der Waals surface area contributed by atoms with Gasteiger partial charge in [-0.2, -0.15) is 10.1 Å². The molecule has 5 rings (SSSR count). The summed E-state index contributed by atoms with van der Waals surface area (Å²) in [4.78, 5) is 35.2. The minimum Gasteiger partial charge on any atom is -0.462 e. The van der Waals surface area contributed by atoms with E-state index in [9.17, 15) is 19.3 Å². The molecule has 15 nitrogen and oxygen atoms in total. The molecule has 2 bridgehead atoms. The molecule has 3 aromatic rings. The zero-order chi connectivity index (χ0) is 27.9. The standard InChI is InChI=1S/C23H29N6O9P/c1-12(2)36-21(32)13(3)28-39(33,38-14-7-5-4-6-8-14)35-10-23-9-34-16(17(23)30)20(37-23)29-11-25-15-18(29)26-22(24)27-19(15)31/h4-8,11-13,16-17,20,30H,9-10H2,1-3H3,(H,28,33)(H3,24,26,27,31)/t13-,16-,17+,20?,23?,39-/m1/s1. The van der Waals surface area contributed by atoms with Crippen molar-refractivity contribution < 1.29 is 37.7 Å². The Morgan fingerprint density at radius 1 is 1.36 bits per heavy atom. The molecule has 2 fully saturated rings. The number of aromatic nitrogens is 4. The summed E-state index contributed by atoms with van der Waals surface area (Å²) in [5.74, 6) is -0.550. The fourth-order valence-electron chi connectivity index (χ4n) is 4.40. The second-order valence-electron chi connectivity index (χ2n) is 9.58. The Hall–Kier alpha value is -3.33. The molecule has 0 spiro atoms. The summed E-state index contributed by atoms with van der Waals surface area (Å²) in [6.07, 6.45) is -2.10. The number of fused-ring (bicyclic) bond motifs is 3. The van der Waals surface area contributed by atoms with Crippen molar-refractivity contribution in [1.82, 2.24) is 24.6 Å². The van der Waals surface area contributed by atoms with Gasteiger partial charge in [0, 0.05) is 0 Å². The molecule has 6 atom stereocenters. The summed E-state index contributed by atoms with van der Waals surface area (Å²) >= 11 is 0. The number of benzene rings is 1.